The Morgan fingerprint density at radius 2 is 2.00 bits per heavy atom. The minimum atomic E-state index is -0.0594. The minimum Gasteiger partial charge on any atom is -0.366 e. The third-order valence-corrected chi connectivity index (χ3v) is 6.17. The summed E-state index contributed by atoms with van der Waals surface area (Å²) in [4.78, 5) is 12.8. The molecule has 2 heterocycles. The van der Waals surface area contributed by atoms with Crippen LogP contribution in [0.25, 0.3) is 0 Å². The highest BCUT2D eigenvalue weighted by Gasteiger charge is 2.39. The van der Waals surface area contributed by atoms with Gasteiger partial charge in [0.15, 0.2) is 0 Å². The maximum absolute atomic E-state index is 12.8. The molecule has 1 aromatic rings. The number of fused-ring (bicyclic) bond motifs is 1. The van der Waals surface area contributed by atoms with Crippen LogP contribution in [0, 0.1) is 5.92 Å². The van der Waals surface area contributed by atoms with Crippen molar-refractivity contribution >= 4 is 11.7 Å². The van der Waals surface area contributed by atoms with Gasteiger partial charge in [0, 0.05) is 12.1 Å². The van der Waals surface area contributed by atoms with Crippen LogP contribution >= 0.6 is 0 Å². The second-order valence-electron chi connectivity index (χ2n) is 8.47. The molecule has 140 valence electrons. The summed E-state index contributed by atoms with van der Waals surface area (Å²) in [6.07, 6.45) is 11.4. The number of hydrogen-bond donors (Lipinski definition) is 2. The van der Waals surface area contributed by atoms with Gasteiger partial charge in [0.2, 0.25) is 0 Å². The van der Waals surface area contributed by atoms with Crippen LogP contribution in [-0.2, 0) is 5.54 Å². The summed E-state index contributed by atoms with van der Waals surface area (Å²) in [6.45, 7) is 8.70. The lowest BCUT2D eigenvalue weighted by Gasteiger charge is -2.42. The number of nitrogens with zero attached hydrogens (tertiary/aromatic N) is 2. The lowest BCUT2D eigenvalue weighted by atomic mass is 9.78. The number of hydrogen-bond acceptors (Lipinski definition) is 3. The van der Waals surface area contributed by atoms with Gasteiger partial charge in [-0.05, 0) is 51.9 Å². The second kappa shape index (κ2) is 7.38. The predicted molar refractivity (Wildman–Crippen MR) is 102 cm³/mol. The first-order valence-electron chi connectivity index (χ1n) is 10.1. The summed E-state index contributed by atoms with van der Waals surface area (Å²) < 4.78 is 2.02. The van der Waals surface area contributed by atoms with Crippen molar-refractivity contribution in [2.75, 3.05) is 5.32 Å². The Morgan fingerprint density at radius 1 is 1.32 bits per heavy atom. The summed E-state index contributed by atoms with van der Waals surface area (Å²) in [5.41, 5.74) is 0.636. The highest BCUT2D eigenvalue weighted by molar-refractivity contribution is 5.99. The van der Waals surface area contributed by atoms with Crippen molar-refractivity contribution in [3.63, 3.8) is 0 Å². The lowest BCUT2D eigenvalue weighted by Crippen LogP contribution is -2.46. The molecule has 2 aliphatic rings. The Bertz CT molecular complexity index is 597. The highest BCUT2D eigenvalue weighted by Crippen LogP contribution is 2.39. The Morgan fingerprint density at radius 3 is 2.64 bits per heavy atom. The molecule has 5 heteroatoms. The Kier molecular flexibility index (Phi) is 5.40. The fraction of sp³-hybridized carbons (Fsp3) is 0.800. The number of rotatable bonds is 5. The standard InChI is InChI=1S/C20H34N4O/c1-5-15(6-2)22-19(25)16-13-21-24-18(16)23-17(12-20(24,3)4)14-10-8-7-9-11-14/h13-15,17,23H,5-12H2,1-4H3,(H,22,25). The normalized spacial score (nSPS) is 23.2. The number of nitrogens with one attached hydrogen (secondary N) is 2. The number of anilines is 1. The SMILES string of the molecule is CCC(CC)NC(=O)c1cnn2c1NC(C1CCCCC1)CC2(C)C. The zero-order chi connectivity index (χ0) is 18.0. The van der Waals surface area contributed by atoms with Crippen LogP contribution < -0.4 is 10.6 Å². The first-order valence-corrected chi connectivity index (χ1v) is 10.1. The number of carbonyl (C=O) groups is 1. The van der Waals surface area contributed by atoms with Crippen molar-refractivity contribution in [3.05, 3.63) is 11.8 Å². The van der Waals surface area contributed by atoms with E-state index in [0.717, 1.165) is 25.1 Å². The molecule has 0 bridgehead atoms. The molecular formula is C20H34N4O. The number of aromatic nitrogens is 2. The van der Waals surface area contributed by atoms with Crippen LogP contribution in [0.1, 0.15) is 89.4 Å². The monoisotopic (exact) mass is 346 g/mol. The average molecular weight is 347 g/mol. The quantitative estimate of drug-likeness (QED) is 0.835. The number of amides is 1. The van der Waals surface area contributed by atoms with E-state index in [-0.39, 0.29) is 17.5 Å². The van der Waals surface area contributed by atoms with Crippen molar-refractivity contribution in [2.24, 2.45) is 5.92 Å². The molecule has 5 nitrogen and oxygen atoms in total. The van der Waals surface area contributed by atoms with E-state index < -0.39 is 0 Å². The molecule has 0 saturated heterocycles. The molecule has 0 aromatic carbocycles. The van der Waals surface area contributed by atoms with E-state index in [9.17, 15) is 4.79 Å². The smallest absolute Gasteiger partial charge is 0.256 e. The topological polar surface area (TPSA) is 59.0 Å². The zero-order valence-corrected chi connectivity index (χ0v) is 16.3. The van der Waals surface area contributed by atoms with E-state index in [1.165, 1.54) is 32.1 Å². The first kappa shape index (κ1) is 18.3. The molecule has 3 rings (SSSR count). The highest BCUT2D eigenvalue weighted by atomic mass is 16.1. The lowest BCUT2D eigenvalue weighted by molar-refractivity contribution is 0.0935. The summed E-state index contributed by atoms with van der Waals surface area (Å²) in [5.74, 6) is 1.63. The molecule has 1 amide bonds. The van der Waals surface area contributed by atoms with Gasteiger partial charge in [0.25, 0.3) is 5.91 Å². The second-order valence-corrected chi connectivity index (χ2v) is 8.47. The summed E-state index contributed by atoms with van der Waals surface area (Å²) in [5, 5.41) is 11.4. The molecule has 1 aliphatic heterocycles. The molecule has 1 aliphatic carbocycles. The maximum Gasteiger partial charge on any atom is 0.256 e. The van der Waals surface area contributed by atoms with Gasteiger partial charge < -0.3 is 10.6 Å². The maximum atomic E-state index is 12.8. The third-order valence-electron chi connectivity index (χ3n) is 6.17. The molecule has 1 unspecified atom stereocenters. The number of carbonyl (C=O) groups excluding carboxylic acids is 1. The minimum absolute atomic E-state index is 0.00236. The van der Waals surface area contributed by atoms with E-state index in [1.807, 2.05) is 4.68 Å². The fourth-order valence-electron chi connectivity index (χ4n) is 4.54. The van der Waals surface area contributed by atoms with Gasteiger partial charge in [-0.3, -0.25) is 4.79 Å². The van der Waals surface area contributed by atoms with Gasteiger partial charge in [0.05, 0.1) is 11.7 Å². The molecule has 25 heavy (non-hydrogen) atoms. The summed E-state index contributed by atoms with van der Waals surface area (Å²) in [6, 6.07) is 0.674. The fourth-order valence-corrected chi connectivity index (χ4v) is 4.54. The average Bonchev–Trinajstić information content (AvgIpc) is 3.05. The first-order chi connectivity index (χ1) is 12.0. The Hall–Kier alpha value is -1.52. The molecule has 1 aromatic heterocycles. The van der Waals surface area contributed by atoms with Gasteiger partial charge >= 0.3 is 0 Å². The van der Waals surface area contributed by atoms with E-state index in [4.69, 9.17) is 0 Å². The molecular weight excluding hydrogens is 312 g/mol. The molecule has 0 radical (unpaired) electrons. The van der Waals surface area contributed by atoms with Crippen molar-refractivity contribution < 1.29 is 4.79 Å². The van der Waals surface area contributed by atoms with Crippen molar-refractivity contribution in [3.8, 4) is 0 Å². The van der Waals surface area contributed by atoms with Crippen LogP contribution in [0.5, 0.6) is 0 Å². The molecule has 1 atom stereocenters. The van der Waals surface area contributed by atoms with E-state index >= 15 is 0 Å². The van der Waals surface area contributed by atoms with Crippen LogP contribution in [0.15, 0.2) is 6.20 Å². The van der Waals surface area contributed by atoms with E-state index in [2.05, 4.69) is 43.4 Å². The van der Waals surface area contributed by atoms with Gasteiger partial charge in [-0.1, -0.05) is 33.1 Å². The third kappa shape index (κ3) is 3.70. The van der Waals surface area contributed by atoms with Crippen LogP contribution in [0.2, 0.25) is 0 Å². The van der Waals surface area contributed by atoms with Crippen molar-refractivity contribution in [1.82, 2.24) is 15.1 Å². The van der Waals surface area contributed by atoms with Crippen LogP contribution in [-0.4, -0.2) is 27.8 Å². The van der Waals surface area contributed by atoms with Gasteiger partial charge in [0.1, 0.15) is 11.4 Å². The Balaban J connectivity index is 1.83. The van der Waals surface area contributed by atoms with Gasteiger partial charge in [-0.15, -0.1) is 0 Å². The van der Waals surface area contributed by atoms with E-state index in [0.29, 0.717) is 17.5 Å². The summed E-state index contributed by atoms with van der Waals surface area (Å²) in [7, 11) is 0. The molecule has 2 N–H and O–H groups in total. The molecule has 1 fully saturated rings. The van der Waals surface area contributed by atoms with Crippen LogP contribution in [0.4, 0.5) is 5.82 Å². The van der Waals surface area contributed by atoms with Crippen LogP contribution in [0.3, 0.4) is 0 Å². The largest absolute Gasteiger partial charge is 0.366 e. The van der Waals surface area contributed by atoms with Crippen molar-refractivity contribution in [1.29, 1.82) is 0 Å². The van der Waals surface area contributed by atoms with Crippen molar-refractivity contribution in [2.45, 2.75) is 96.7 Å². The molecule has 0 spiro atoms. The predicted octanol–water partition coefficient (Wildman–Crippen LogP) is 4.30. The zero-order valence-electron chi connectivity index (χ0n) is 16.3. The van der Waals surface area contributed by atoms with Gasteiger partial charge in [-0.2, -0.15) is 5.10 Å². The van der Waals surface area contributed by atoms with Gasteiger partial charge in [-0.25, -0.2) is 4.68 Å². The Labute approximate surface area is 151 Å². The summed E-state index contributed by atoms with van der Waals surface area (Å²) >= 11 is 0. The van der Waals surface area contributed by atoms with E-state index in [1.54, 1.807) is 6.20 Å². The molecule has 1 saturated carbocycles.